The highest BCUT2D eigenvalue weighted by Gasteiger charge is 2.16. The largest absolute Gasteiger partial charge is 0.394 e. The lowest BCUT2D eigenvalue weighted by atomic mass is 10.2. The highest BCUT2D eigenvalue weighted by molar-refractivity contribution is 5.96. The van der Waals surface area contributed by atoms with Gasteiger partial charge in [-0.1, -0.05) is 19.8 Å². The number of rotatable bonds is 10. The number of aliphatic hydroxyl groups excluding tert-OH is 1. The van der Waals surface area contributed by atoms with Crippen molar-refractivity contribution in [1.29, 1.82) is 0 Å². The molecule has 2 rings (SSSR count). The number of aliphatic hydroxyl groups is 1. The summed E-state index contributed by atoms with van der Waals surface area (Å²) in [5.41, 5.74) is 0.632. The number of imidazole rings is 1. The number of fused-ring (bicyclic) bond motifs is 1. The Morgan fingerprint density at radius 2 is 2.24 bits per heavy atom. The SMILES string of the molecule is CCCCCC(=O)Nc1nc(F)nc2c1ncn2CCC(CO)OC. The Labute approximate surface area is 145 Å². The maximum atomic E-state index is 13.8. The minimum atomic E-state index is -0.927. The van der Waals surface area contributed by atoms with Gasteiger partial charge in [0.15, 0.2) is 17.0 Å². The van der Waals surface area contributed by atoms with Crippen LogP contribution in [-0.4, -0.2) is 50.4 Å². The van der Waals surface area contributed by atoms with Crippen molar-refractivity contribution >= 4 is 22.9 Å². The second kappa shape index (κ2) is 9.38. The highest BCUT2D eigenvalue weighted by Crippen LogP contribution is 2.19. The van der Waals surface area contributed by atoms with E-state index in [1.807, 2.05) is 0 Å². The number of hydrogen-bond donors (Lipinski definition) is 2. The lowest BCUT2D eigenvalue weighted by molar-refractivity contribution is -0.116. The van der Waals surface area contributed by atoms with Crippen LogP contribution in [0.4, 0.5) is 10.2 Å². The summed E-state index contributed by atoms with van der Waals surface area (Å²) < 4.78 is 20.5. The molecule has 0 saturated heterocycles. The first-order valence-electron chi connectivity index (χ1n) is 8.40. The number of methoxy groups -OCH3 is 1. The number of aromatic nitrogens is 4. The van der Waals surface area contributed by atoms with Gasteiger partial charge in [0.05, 0.1) is 19.0 Å². The summed E-state index contributed by atoms with van der Waals surface area (Å²) in [7, 11) is 1.51. The van der Waals surface area contributed by atoms with Crippen LogP contribution in [0.5, 0.6) is 0 Å². The molecule has 0 bridgehead atoms. The number of unbranched alkanes of at least 4 members (excludes halogenated alkanes) is 2. The van der Waals surface area contributed by atoms with Crippen LogP contribution in [0, 0.1) is 6.08 Å². The van der Waals surface area contributed by atoms with Gasteiger partial charge in [-0.15, -0.1) is 0 Å². The number of nitrogens with zero attached hydrogens (tertiary/aromatic N) is 4. The Kier molecular flexibility index (Phi) is 7.20. The zero-order valence-electron chi connectivity index (χ0n) is 14.5. The lowest BCUT2D eigenvalue weighted by Gasteiger charge is -2.12. The van der Waals surface area contributed by atoms with E-state index in [0.29, 0.717) is 30.6 Å². The number of carbonyl (C=O) groups is 1. The molecule has 0 aromatic carbocycles. The Hall–Kier alpha value is -2.13. The molecule has 2 aromatic heterocycles. The van der Waals surface area contributed by atoms with Gasteiger partial charge in [-0.05, 0) is 12.8 Å². The number of aryl methyl sites for hydroxylation is 1. The molecular weight excluding hydrogens is 329 g/mol. The van der Waals surface area contributed by atoms with E-state index >= 15 is 0 Å². The number of ether oxygens (including phenoxy) is 1. The van der Waals surface area contributed by atoms with E-state index in [2.05, 4.69) is 27.2 Å². The van der Waals surface area contributed by atoms with Crippen LogP contribution >= 0.6 is 0 Å². The van der Waals surface area contributed by atoms with Gasteiger partial charge in [0.2, 0.25) is 5.91 Å². The van der Waals surface area contributed by atoms with Crippen molar-refractivity contribution in [3.05, 3.63) is 12.4 Å². The average Bonchev–Trinajstić information content (AvgIpc) is 2.99. The van der Waals surface area contributed by atoms with Gasteiger partial charge in [-0.3, -0.25) is 4.79 Å². The monoisotopic (exact) mass is 353 g/mol. The molecule has 0 saturated carbocycles. The first kappa shape index (κ1) is 19.2. The maximum absolute atomic E-state index is 13.8. The van der Waals surface area contributed by atoms with E-state index in [0.717, 1.165) is 19.3 Å². The second-order valence-electron chi connectivity index (χ2n) is 5.79. The summed E-state index contributed by atoms with van der Waals surface area (Å²) in [4.78, 5) is 23.6. The predicted octanol–water partition coefficient (Wildman–Crippen LogP) is 1.88. The first-order valence-corrected chi connectivity index (χ1v) is 8.40. The molecule has 2 aromatic rings. The maximum Gasteiger partial charge on any atom is 0.312 e. The van der Waals surface area contributed by atoms with Crippen LogP contribution in [0.15, 0.2) is 6.33 Å². The van der Waals surface area contributed by atoms with Crippen LogP contribution in [0.2, 0.25) is 0 Å². The third-order valence-corrected chi connectivity index (χ3v) is 3.93. The summed E-state index contributed by atoms with van der Waals surface area (Å²) in [5.74, 6) is -0.143. The van der Waals surface area contributed by atoms with E-state index in [9.17, 15) is 9.18 Å². The van der Waals surface area contributed by atoms with E-state index in [4.69, 9.17) is 9.84 Å². The standard InChI is InChI=1S/C16H24FN5O3/c1-3-4-5-6-12(24)19-14-13-15(21-16(17)20-14)22(10-18-13)8-7-11(9-23)25-2/h10-11,23H,3-9H2,1-2H3,(H,19,20,21,24). The van der Waals surface area contributed by atoms with E-state index < -0.39 is 6.08 Å². The molecule has 0 aliphatic heterocycles. The molecule has 2 N–H and O–H groups in total. The Balaban J connectivity index is 2.15. The molecule has 0 radical (unpaired) electrons. The van der Waals surface area contributed by atoms with Crippen molar-refractivity contribution < 1.29 is 19.0 Å². The first-order chi connectivity index (χ1) is 12.1. The van der Waals surface area contributed by atoms with Crippen LogP contribution < -0.4 is 5.32 Å². The Bertz CT molecular complexity index is 702. The van der Waals surface area contributed by atoms with Crippen molar-refractivity contribution in [2.75, 3.05) is 19.0 Å². The van der Waals surface area contributed by atoms with Crippen LogP contribution in [-0.2, 0) is 16.1 Å². The van der Waals surface area contributed by atoms with Gasteiger partial charge in [0.25, 0.3) is 0 Å². The Morgan fingerprint density at radius 3 is 2.92 bits per heavy atom. The quantitative estimate of drug-likeness (QED) is 0.499. The summed E-state index contributed by atoms with van der Waals surface area (Å²) >= 11 is 0. The lowest BCUT2D eigenvalue weighted by Crippen LogP contribution is -2.18. The molecule has 1 atom stereocenters. The number of hydrogen-bond acceptors (Lipinski definition) is 6. The van der Waals surface area contributed by atoms with Crippen molar-refractivity contribution in [1.82, 2.24) is 19.5 Å². The predicted molar refractivity (Wildman–Crippen MR) is 90.6 cm³/mol. The third kappa shape index (κ3) is 5.17. The number of amides is 1. The summed E-state index contributed by atoms with van der Waals surface area (Å²) in [6, 6.07) is 0. The van der Waals surface area contributed by atoms with Gasteiger partial charge in [-0.25, -0.2) is 4.98 Å². The van der Waals surface area contributed by atoms with Gasteiger partial charge in [-0.2, -0.15) is 14.4 Å². The molecule has 25 heavy (non-hydrogen) atoms. The molecule has 8 nitrogen and oxygen atoms in total. The molecule has 0 fully saturated rings. The average molecular weight is 353 g/mol. The molecule has 138 valence electrons. The fourth-order valence-electron chi connectivity index (χ4n) is 2.47. The Morgan fingerprint density at radius 1 is 1.44 bits per heavy atom. The number of anilines is 1. The number of carbonyl (C=O) groups excluding carboxylic acids is 1. The van der Waals surface area contributed by atoms with E-state index in [1.54, 1.807) is 4.57 Å². The van der Waals surface area contributed by atoms with Crippen LogP contribution in [0.25, 0.3) is 11.2 Å². The van der Waals surface area contributed by atoms with E-state index in [-0.39, 0.29) is 24.4 Å². The molecular formula is C16H24FN5O3. The fraction of sp³-hybridized carbons (Fsp3) is 0.625. The third-order valence-electron chi connectivity index (χ3n) is 3.93. The van der Waals surface area contributed by atoms with Gasteiger partial charge in [0.1, 0.15) is 0 Å². The minimum absolute atomic E-state index is 0.0770. The van der Waals surface area contributed by atoms with Crippen molar-refractivity contribution in [3.63, 3.8) is 0 Å². The van der Waals surface area contributed by atoms with E-state index in [1.165, 1.54) is 13.4 Å². The van der Waals surface area contributed by atoms with Gasteiger partial charge < -0.3 is 19.7 Å². The zero-order valence-corrected chi connectivity index (χ0v) is 14.5. The molecule has 0 aliphatic rings. The fourth-order valence-corrected chi connectivity index (χ4v) is 2.47. The van der Waals surface area contributed by atoms with Gasteiger partial charge in [0, 0.05) is 20.1 Å². The molecule has 1 amide bonds. The molecule has 9 heteroatoms. The van der Waals surface area contributed by atoms with Gasteiger partial charge >= 0.3 is 6.08 Å². The summed E-state index contributed by atoms with van der Waals surface area (Å²) in [5, 5.41) is 11.8. The topological polar surface area (TPSA) is 102 Å². The van der Waals surface area contributed by atoms with Crippen molar-refractivity contribution in [2.24, 2.45) is 0 Å². The highest BCUT2D eigenvalue weighted by atomic mass is 19.1. The normalized spacial score (nSPS) is 12.5. The number of halogens is 1. The van der Waals surface area contributed by atoms with Crippen molar-refractivity contribution in [3.8, 4) is 0 Å². The number of nitrogens with one attached hydrogen (secondary N) is 1. The summed E-state index contributed by atoms with van der Waals surface area (Å²) in [6.45, 7) is 2.39. The minimum Gasteiger partial charge on any atom is -0.394 e. The van der Waals surface area contributed by atoms with Crippen molar-refractivity contribution in [2.45, 2.75) is 51.7 Å². The molecule has 0 spiro atoms. The molecule has 1 unspecified atom stereocenters. The molecule has 0 aliphatic carbocycles. The second-order valence-corrected chi connectivity index (χ2v) is 5.79. The zero-order chi connectivity index (χ0) is 18.2. The van der Waals surface area contributed by atoms with Crippen LogP contribution in [0.1, 0.15) is 39.0 Å². The smallest absolute Gasteiger partial charge is 0.312 e. The molecule has 2 heterocycles. The summed E-state index contributed by atoms with van der Waals surface area (Å²) in [6.07, 6.45) is 3.88. The van der Waals surface area contributed by atoms with Crippen LogP contribution in [0.3, 0.4) is 0 Å².